The molecule has 124 valence electrons. The molecule has 0 unspecified atom stereocenters. The van der Waals surface area contributed by atoms with Crippen LogP contribution in [0.25, 0.3) is 0 Å². The monoisotopic (exact) mass is 358 g/mol. The normalized spacial score (nSPS) is 15.7. The number of ether oxygens (including phenoxy) is 2. The Kier molecular flexibility index (Phi) is 2.94. The predicted octanol–water partition coefficient (Wildman–Crippen LogP) is 1.14. The number of hydrogen-bond acceptors (Lipinski definition) is 8. The molecule has 9 heteroatoms. The van der Waals surface area contributed by atoms with Crippen molar-refractivity contribution in [2.45, 2.75) is 9.79 Å². The van der Waals surface area contributed by atoms with Crippen molar-refractivity contribution in [2.75, 3.05) is 0 Å². The van der Waals surface area contributed by atoms with Gasteiger partial charge in [-0.15, -0.1) is 0 Å². The highest BCUT2D eigenvalue weighted by Gasteiger charge is 2.40. The Hall–Kier alpha value is -3.33. The van der Waals surface area contributed by atoms with Crippen molar-refractivity contribution in [3.63, 3.8) is 0 Å². The van der Waals surface area contributed by atoms with Gasteiger partial charge in [0.25, 0.3) is 0 Å². The number of esters is 4. The van der Waals surface area contributed by atoms with Gasteiger partial charge in [0, 0.05) is 0 Å². The summed E-state index contributed by atoms with van der Waals surface area (Å²) in [6.07, 6.45) is 0. The highest BCUT2D eigenvalue weighted by atomic mass is 32.2. The van der Waals surface area contributed by atoms with E-state index in [1.54, 1.807) is 0 Å². The third-order valence-electron chi connectivity index (χ3n) is 3.85. The molecule has 0 saturated carbocycles. The summed E-state index contributed by atoms with van der Waals surface area (Å²) in [6, 6.07) is 7.31. The maximum Gasteiger partial charge on any atom is 0.348 e. The molecule has 0 atom stereocenters. The Labute approximate surface area is 139 Å². The Balaban J connectivity index is 2.02. The highest BCUT2D eigenvalue weighted by molar-refractivity contribution is 7.91. The lowest BCUT2D eigenvalue weighted by Crippen LogP contribution is -2.12. The van der Waals surface area contributed by atoms with Crippen LogP contribution in [0.2, 0.25) is 0 Å². The summed E-state index contributed by atoms with van der Waals surface area (Å²) in [5, 5.41) is 0. The molecule has 2 aromatic rings. The maximum absolute atomic E-state index is 13.0. The van der Waals surface area contributed by atoms with Crippen LogP contribution in [0.5, 0.6) is 0 Å². The fourth-order valence-corrected chi connectivity index (χ4v) is 4.45. The van der Waals surface area contributed by atoms with Crippen molar-refractivity contribution < 1.29 is 37.1 Å². The maximum atomic E-state index is 13.0. The molecule has 0 fully saturated rings. The zero-order valence-corrected chi connectivity index (χ0v) is 13.0. The van der Waals surface area contributed by atoms with Crippen LogP contribution < -0.4 is 0 Å². The summed E-state index contributed by atoms with van der Waals surface area (Å²) in [7, 11) is -4.41. The van der Waals surface area contributed by atoms with Crippen LogP contribution in [-0.2, 0) is 19.3 Å². The molecule has 2 aliphatic rings. The standard InChI is InChI=1S/C16H6O8S/c17-13-7-3-1-5-9(11(7)15(19)23-13)25(21,22)10-6-2-4-8-12(10)16(20)24-14(8)18/h1-6H. The molecule has 2 aliphatic heterocycles. The smallest absolute Gasteiger partial charge is 0.348 e. The summed E-state index contributed by atoms with van der Waals surface area (Å²) in [4.78, 5) is 46.0. The fraction of sp³-hybridized carbons (Fsp3) is 0. The van der Waals surface area contributed by atoms with Crippen molar-refractivity contribution in [3.05, 3.63) is 58.7 Å². The SMILES string of the molecule is O=C1OC(=O)c2c1cccc2S(=O)(=O)c1cccc2c1C(=O)OC2=O. The number of benzene rings is 2. The first-order valence-electron chi connectivity index (χ1n) is 6.86. The number of cyclic esters (lactones) is 4. The average Bonchev–Trinajstić information content (AvgIpc) is 3.04. The van der Waals surface area contributed by atoms with E-state index in [9.17, 15) is 27.6 Å². The second-order valence-electron chi connectivity index (χ2n) is 5.21. The molecule has 0 aliphatic carbocycles. The van der Waals surface area contributed by atoms with Gasteiger partial charge in [0.2, 0.25) is 9.84 Å². The van der Waals surface area contributed by atoms with E-state index in [0.29, 0.717) is 0 Å². The largest absolute Gasteiger partial charge is 0.386 e. The second-order valence-corrected chi connectivity index (χ2v) is 7.10. The van der Waals surface area contributed by atoms with Gasteiger partial charge in [-0.1, -0.05) is 12.1 Å². The van der Waals surface area contributed by atoms with Crippen LogP contribution >= 0.6 is 0 Å². The van der Waals surface area contributed by atoms with E-state index in [2.05, 4.69) is 9.47 Å². The number of carbonyl (C=O) groups excluding carboxylic acids is 4. The lowest BCUT2D eigenvalue weighted by Gasteiger charge is -2.09. The first kappa shape index (κ1) is 15.2. The van der Waals surface area contributed by atoms with Gasteiger partial charge in [-0.05, 0) is 24.3 Å². The first-order chi connectivity index (χ1) is 11.8. The van der Waals surface area contributed by atoms with Crippen molar-refractivity contribution >= 4 is 33.7 Å². The molecule has 0 radical (unpaired) electrons. The van der Waals surface area contributed by atoms with Crippen LogP contribution in [0.3, 0.4) is 0 Å². The van der Waals surface area contributed by atoms with Crippen molar-refractivity contribution in [1.82, 2.24) is 0 Å². The lowest BCUT2D eigenvalue weighted by molar-refractivity contribution is 0.0424. The van der Waals surface area contributed by atoms with E-state index in [-0.39, 0.29) is 11.1 Å². The topological polar surface area (TPSA) is 121 Å². The van der Waals surface area contributed by atoms with Gasteiger partial charge in [-0.2, -0.15) is 0 Å². The number of sulfone groups is 1. The van der Waals surface area contributed by atoms with Crippen LogP contribution in [0.1, 0.15) is 41.4 Å². The molecule has 2 heterocycles. The van der Waals surface area contributed by atoms with E-state index >= 15 is 0 Å². The average molecular weight is 358 g/mol. The zero-order chi connectivity index (χ0) is 17.9. The Morgan fingerprint density at radius 1 is 0.600 bits per heavy atom. The van der Waals surface area contributed by atoms with Gasteiger partial charge in [0.15, 0.2) is 0 Å². The molecule has 4 rings (SSSR count). The zero-order valence-electron chi connectivity index (χ0n) is 12.1. The number of carbonyl (C=O) groups is 4. The fourth-order valence-electron chi connectivity index (χ4n) is 2.77. The van der Waals surface area contributed by atoms with E-state index in [1.165, 1.54) is 24.3 Å². The molecule has 0 bridgehead atoms. The molecule has 0 amide bonds. The summed E-state index contributed by atoms with van der Waals surface area (Å²) in [6.45, 7) is 0. The first-order valence-corrected chi connectivity index (χ1v) is 8.35. The van der Waals surface area contributed by atoms with E-state index in [1.807, 2.05) is 0 Å². The Morgan fingerprint density at radius 2 is 1.00 bits per heavy atom. The van der Waals surface area contributed by atoms with Gasteiger partial charge in [0.05, 0.1) is 32.0 Å². The number of rotatable bonds is 2. The van der Waals surface area contributed by atoms with Crippen LogP contribution in [0.4, 0.5) is 0 Å². The van der Waals surface area contributed by atoms with Gasteiger partial charge in [-0.25, -0.2) is 27.6 Å². The summed E-state index contributed by atoms with van der Waals surface area (Å²) in [5.74, 6) is -4.09. The molecule has 25 heavy (non-hydrogen) atoms. The van der Waals surface area contributed by atoms with Gasteiger partial charge >= 0.3 is 23.9 Å². The minimum absolute atomic E-state index is 0.183. The second kappa shape index (κ2) is 4.84. The predicted molar refractivity (Wildman–Crippen MR) is 77.8 cm³/mol. The van der Waals surface area contributed by atoms with Gasteiger partial charge in [0.1, 0.15) is 0 Å². The third kappa shape index (κ3) is 1.96. The molecule has 0 spiro atoms. The van der Waals surface area contributed by atoms with Crippen molar-refractivity contribution in [2.24, 2.45) is 0 Å². The minimum atomic E-state index is -4.41. The number of hydrogen-bond donors (Lipinski definition) is 0. The highest BCUT2D eigenvalue weighted by Crippen LogP contribution is 2.34. The molecule has 8 nitrogen and oxygen atoms in total. The molecule has 0 saturated heterocycles. The molecule has 0 N–H and O–H groups in total. The lowest BCUT2D eigenvalue weighted by atomic mass is 10.1. The van der Waals surface area contributed by atoms with Gasteiger partial charge in [-0.3, -0.25) is 0 Å². The molecular formula is C16H6O8S. The van der Waals surface area contributed by atoms with Crippen LogP contribution in [0, 0.1) is 0 Å². The quantitative estimate of drug-likeness (QED) is 0.579. The van der Waals surface area contributed by atoms with Gasteiger partial charge < -0.3 is 9.47 Å². The van der Waals surface area contributed by atoms with E-state index in [0.717, 1.165) is 12.1 Å². The van der Waals surface area contributed by atoms with Crippen LogP contribution in [0.15, 0.2) is 46.2 Å². The van der Waals surface area contributed by atoms with E-state index < -0.39 is 54.6 Å². The third-order valence-corrected chi connectivity index (χ3v) is 5.69. The minimum Gasteiger partial charge on any atom is -0.386 e. The Bertz CT molecular complexity index is 1040. The summed E-state index contributed by atoms with van der Waals surface area (Å²) in [5.41, 5.74) is -1.17. The van der Waals surface area contributed by atoms with E-state index in [4.69, 9.17) is 0 Å². The summed E-state index contributed by atoms with van der Waals surface area (Å²) >= 11 is 0. The Morgan fingerprint density at radius 3 is 1.40 bits per heavy atom. The summed E-state index contributed by atoms with van der Waals surface area (Å²) < 4.78 is 34.9. The molecule has 0 aromatic heterocycles. The molecular weight excluding hydrogens is 352 g/mol. The molecule has 2 aromatic carbocycles. The van der Waals surface area contributed by atoms with Crippen molar-refractivity contribution in [1.29, 1.82) is 0 Å². The number of fused-ring (bicyclic) bond motifs is 2. The van der Waals surface area contributed by atoms with Crippen LogP contribution in [-0.4, -0.2) is 32.3 Å². The van der Waals surface area contributed by atoms with Crippen molar-refractivity contribution in [3.8, 4) is 0 Å².